The Morgan fingerprint density at radius 3 is 2.62 bits per heavy atom. The minimum absolute atomic E-state index is 0.0948. The second-order valence-corrected chi connectivity index (χ2v) is 3.59. The molecule has 1 N–H and O–H groups in total. The second kappa shape index (κ2) is 4.18. The summed E-state index contributed by atoms with van der Waals surface area (Å²) in [7, 11) is 1.80. The number of carbonyl (C=O) groups excluding carboxylic acids is 1. The summed E-state index contributed by atoms with van der Waals surface area (Å²) in [5.74, 6) is 0.606. The van der Waals surface area contributed by atoms with Crippen LogP contribution in [0.3, 0.4) is 0 Å². The van der Waals surface area contributed by atoms with Crippen LogP contribution in [0, 0.1) is 0 Å². The van der Waals surface area contributed by atoms with Crippen LogP contribution >= 0.6 is 0 Å². The highest BCUT2D eigenvalue weighted by atomic mass is 16.1. The third-order valence-electron chi connectivity index (χ3n) is 2.25. The highest BCUT2D eigenvalue weighted by molar-refractivity contribution is 5.88. The molecule has 0 aliphatic rings. The van der Waals surface area contributed by atoms with Gasteiger partial charge in [0.25, 0.3) is 0 Å². The second-order valence-electron chi connectivity index (χ2n) is 3.59. The number of hydrogen-bond donors (Lipinski definition) is 1. The normalized spacial score (nSPS) is 10.1. The lowest BCUT2D eigenvalue weighted by molar-refractivity contribution is -0.114. The Hall–Kier alpha value is -2.10. The van der Waals surface area contributed by atoms with Crippen molar-refractivity contribution >= 4 is 11.7 Å². The molecule has 4 nitrogen and oxygen atoms in total. The Morgan fingerprint density at radius 1 is 1.31 bits per heavy atom. The van der Waals surface area contributed by atoms with Crippen LogP contribution in [0.4, 0.5) is 5.82 Å². The summed E-state index contributed by atoms with van der Waals surface area (Å²) < 4.78 is 1.66. The van der Waals surface area contributed by atoms with Crippen LogP contribution in [0.15, 0.2) is 36.4 Å². The van der Waals surface area contributed by atoms with E-state index in [0.717, 1.165) is 11.3 Å². The Morgan fingerprint density at radius 2 is 2.00 bits per heavy atom. The van der Waals surface area contributed by atoms with Crippen molar-refractivity contribution in [3.05, 3.63) is 36.4 Å². The van der Waals surface area contributed by atoms with E-state index in [1.807, 2.05) is 36.4 Å². The molecule has 0 radical (unpaired) electrons. The van der Waals surface area contributed by atoms with Gasteiger partial charge >= 0.3 is 0 Å². The van der Waals surface area contributed by atoms with Gasteiger partial charge in [-0.05, 0) is 0 Å². The molecule has 0 saturated heterocycles. The van der Waals surface area contributed by atoms with Crippen LogP contribution < -0.4 is 5.32 Å². The van der Waals surface area contributed by atoms with Crippen molar-refractivity contribution in [1.29, 1.82) is 0 Å². The molecule has 0 unspecified atom stereocenters. The third-order valence-corrected chi connectivity index (χ3v) is 2.25. The fourth-order valence-corrected chi connectivity index (χ4v) is 1.51. The summed E-state index contributed by atoms with van der Waals surface area (Å²) in [5.41, 5.74) is 1.89. The van der Waals surface area contributed by atoms with Gasteiger partial charge in [-0.15, -0.1) is 0 Å². The number of anilines is 1. The Kier molecular flexibility index (Phi) is 2.72. The van der Waals surface area contributed by atoms with E-state index in [1.54, 1.807) is 11.7 Å². The molecule has 4 heteroatoms. The lowest BCUT2D eigenvalue weighted by Gasteiger charge is -1.99. The largest absolute Gasteiger partial charge is 0.311 e. The summed E-state index contributed by atoms with van der Waals surface area (Å²) in [5, 5.41) is 7.06. The van der Waals surface area contributed by atoms with Crippen LogP contribution in [0.5, 0.6) is 0 Å². The van der Waals surface area contributed by atoms with Crippen molar-refractivity contribution in [2.45, 2.75) is 6.92 Å². The summed E-state index contributed by atoms with van der Waals surface area (Å²) in [6.45, 7) is 1.48. The zero-order valence-corrected chi connectivity index (χ0v) is 9.27. The quantitative estimate of drug-likeness (QED) is 0.833. The minimum Gasteiger partial charge on any atom is -0.311 e. The highest BCUT2D eigenvalue weighted by Crippen LogP contribution is 2.20. The molecule has 2 aromatic rings. The van der Waals surface area contributed by atoms with E-state index < -0.39 is 0 Å². The third kappa shape index (κ3) is 2.11. The van der Waals surface area contributed by atoms with Crippen LogP contribution in [-0.2, 0) is 11.8 Å². The maximum absolute atomic E-state index is 11.0. The lowest BCUT2D eigenvalue weighted by Crippen LogP contribution is -2.09. The van der Waals surface area contributed by atoms with Gasteiger partial charge in [0.05, 0.1) is 5.69 Å². The van der Waals surface area contributed by atoms with Gasteiger partial charge in [0.15, 0.2) is 0 Å². The zero-order valence-electron chi connectivity index (χ0n) is 9.27. The van der Waals surface area contributed by atoms with E-state index in [4.69, 9.17) is 0 Å². The van der Waals surface area contributed by atoms with Crippen LogP contribution in [-0.4, -0.2) is 15.7 Å². The number of amides is 1. The van der Waals surface area contributed by atoms with Crippen LogP contribution in [0.1, 0.15) is 6.92 Å². The molecule has 0 atom stereocenters. The summed E-state index contributed by atoms with van der Waals surface area (Å²) in [4.78, 5) is 11.0. The number of aryl methyl sites for hydroxylation is 1. The summed E-state index contributed by atoms with van der Waals surface area (Å²) in [6.07, 6.45) is 0. The average Bonchev–Trinajstić information content (AvgIpc) is 2.61. The highest BCUT2D eigenvalue weighted by Gasteiger charge is 2.07. The molecule has 0 bridgehead atoms. The Bertz CT molecular complexity index is 502. The molecule has 0 fully saturated rings. The molecule has 2 rings (SSSR count). The Labute approximate surface area is 93.9 Å². The van der Waals surface area contributed by atoms with Crippen LogP contribution in [0.2, 0.25) is 0 Å². The van der Waals surface area contributed by atoms with Crippen LogP contribution in [0.25, 0.3) is 11.3 Å². The lowest BCUT2D eigenvalue weighted by atomic mass is 10.2. The summed E-state index contributed by atoms with van der Waals surface area (Å²) in [6, 6.07) is 11.7. The zero-order chi connectivity index (χ0) is 11.5. The van der Waals surface area contributed by atoms with E-state index in [1.165, 1.54) is 6.92 Å². The summed E-state index contributed by atoms with van der Waals surface area (Å²) >= 11 is 0. The molecule has 1 amide bonds. The molecule has 82 valence electrons. The number of rotatable bonds is 2. The van der Waals surface area contributed by atoms with Crippen molar-refractivity contribution in [3.8, 4) is 11.3 Å². The number of aromatic nitrogens is 2. The molecule has 0 spiro atoms. The molecule has 16 heavy (non-hydrogen) atoms. The van der Waals surface area contributed by atoms with Gasteiger partial charge in [0.2, 0.25) is 5.91 Å². The van der Waals surface area contributed by atoms with Crippen molar-refractivity contribution < 1.29 is 4.79 Å². The number of nitrogens with zero attached hydrogens (tertiary/aromatic N) is 2. The predicted molar refractivity (Wildman–Crippen MR) is 62.9 cm³/mol. The minimum atomic E-state index is -0.0948. The van der Waals surface area contributed by atoms with Gasteiger partial charge in [0.1, 0.15) is 5.82 Å². The van der Waals surface area contributed by atoms with E-state index in [0.29, 0.717) is 5.82 Å². The molecular weight excluding hydrogens is 202 g/mol. The molecule has 0 saturated carbocycles. The fourth-order valence-electron chi connectivity index (χ4n) is 1.51. The van der Waals surface area contributed by atoms with Gasteiger partial charge in [0, 0.05) is 25.6 Å². The van der Waals surface area contributed by atoms with Crippen molar-refractivity contribution in [2.75, 3.05) is 5.32 Å². The smallest absolute Gasteiger partial charge is 0.222 e. The number of hydrogen-bond acceptors (Lipinski definition) is 2. The molecule has 1 aromatic carbocycles. The number of nitrogens with one attached hydrogen (secondary N) is 1. The molecular formula is C12H13N3O. The van der Waals surface area contributed by atoms with Crippen molar-refractivity contribution in [2.24, 2.45) is 7.05 Å². The van der Waals surface area contributed by atoms with E-state index in [-0.39, 0.29) is 5.91 Å². The fraction of sp³-hybridized carbons (Fsp3) is 0.167. The maximum atomic E-state index is 11.0. The molecule has 1 heterocycles. The first-order valence-corrected chi connectivity index (χ1v) is 5.04. The first kappa shape index (κ1) is 10.4. The number of carbonyl (C=O) groups is 1. The van der Waals surface area contributed by atoms with Crippen molar-refractivity contribution in [1.82, 2.24) is 9.78 Å². The standard InChI is InChI=1S/C12H13N3O/c1-9(16)13-12-8-11(14-15(12)2)10-6-4-3-5-7-10/h3-8H,1-2H3,(H,13,16). The average molecular weight is 215 g/mol. The SMILES string of the molecule is CC(=O)Nc1cc(-c2ccccc2)nn1C. The molecule has 1 aromatic heterocycles. The maximum Gasteiger partial charge on any atom is 0.222 e. The van der Waals surface area contributed by atoms with E-state index in [9.17, 15) is 4.79 Å². The van der Waals surface area contributed by atoms with E-state index in [2.05, 4.69) is 10.4 Å². The first-order chi connectivity index (χ1) is 7.66. The first-order valence-electron chi connectivity index (χ1n) is 5.04. The monoisotopic (exact) mass is 215 g/mol. The predicted octanol–water partition coefficient (Wildman–Crippen LogP) is 2.05. The molecule has 0 aliphatic carbocycles. The van der Waals surface area contributed by atoms with Gasteiger partial charge in [-0.2, -0.15) is 5.10 Å². The van der Waals surface area contributed by atoms with Gasteiger partial charge < -0.3 is 5.32 Å². The number of benzene rings is 1. The van der Waals surface area contributed by atoms with Gasteiger partial charge in [-0.3, -0.25) is 9.48 Å². The topological polar surface area (TPSA) is 46.9 Å². The van der Waals surface area contributed by atoms with Gasteiger partial charge in [-0.1, -0.05) is 30.3 Å². The Balaban J connectivity index is 2.34. The van der Waals surface area contributed by atoms with Gasteiger partial charge in [-0.25, -0.2) is 0 Å². The van der Waals surface area contributed by atoms with Crippen molar-refractivity contribution in [3.63, 3.8) is 0 Å². The molecule has 0 aliphatic heterocycles. The van der Waals surface area contributed by atoms with E-state index >= 15 is 0 Å².